The van der Waals surface area contributed by atoms with Gasteiger partial charge >= 0.3 is 5.69 Å². The Balaban J connectivity index is 2.34. The molecule has 1 fully saturated rings. The molecule has 1 aromatic rings. The van der Waals surface area contributed by atoms with Crippen molar-refractivity contribution in [1.82, 2.24) is 9.55 Å². The molecule has 0 unspecified atom stereocenters. The predicted octanol–water partition coefficient (Wildman–Crippen LogP) is 1.49. The van der Waals surface area contributed by atoms with Gasteiger partial charge in [-0.25, -0.2) is 4.79 Å². The Bertz CT molecular complexity index is 764. The Morgan fingerprint density at radius 3 is 2.68 bits per heavy atom. The summed E-state index contributed by atoms with van der Waals surface area (Å²) in [6.45, 7) is 8.75. The molecular weight excluding hydrogens is 371 g/mol. The molecule has 0 radical (unpaired) electrons. The molecule has 1 aliphatic rings. The number of aromatic nitrogens is 2. The number of aliphatic hydroxyl groups excluding tert-OH is 1. The molecule has 0 spiro atoms. The molecule has 28 heavy (non-hydrogen) atoms. The number of aliphatic hydroxyl groups is 1. The van der Waals surface area contributed by atoms with Crippen LogP contribution in [0, 0.1) is 5.82 Å². The molecule has 0 amide bonds. The maximum Gasteiger partial charge on any atom is 0.330 e. The number of H-pyrrole nitrogens is 1. The van der Waals surface area contributed by atoms with E-state index in [1.54, 1.807) is 0 Å². The quantitative estimate of drug-likeness (QED) is 0.431. The smallest absolute Gasteiger partial charge is 0.330 e. The highest BCUT2D eigenvalue weighted by molar-refractivity contribution is 5.12. The van der Waals surface area contributed by atoms with Crippen molar-refractivity contribution < 1.29 is 23.7 Å². The monoisotopic (exact) mass is 400 g/mol. The van der Waals surface area contributed by atoms with E-state index >= 15 is 0 Å². The summed E-state index contributed by atoms with van der Waals surface area (Å²) in [4.78, 5) is 25.3. The van der Waals surface area contributed by atoms with Crippen molar-refractivity contribution in [2.24, 2.45) is 0 Å². The average Bonchev–Trinajstić information content (AvgIpc) is 2.95. The fraction of sp³-hybridized carbons (Fsp3) is 0.684. The molecule has 0 saturated carbocycles. The summed E-state index contributed by atoms with van der Waals surface area (Å²) in [5.41, 5.74) is -3.26. The molecule has 2 heterocycles. The lowest BCUT2D eigenvalue weighted by Crippen LogP contribution is -2.47. The molecular formula is C19H29FN2O6. The SMILES string of the molecule is C=C[C@]1(COCCCC)O[C@@H](n2cc(F)c(=O)[nH]c2=O)[C@@H](O)[C@@H]1OCCCC. The lowest BCUT2D eigenvalue weighted by Gasteiger charge is -2.31. The van der Waals surface area contributed by atoms with E-state index in [2.05, 4.69) is 6.58 Å². The Labute approximate surface area is 162 Å². The molecule has 0 bridgehead atoms. The summed E-state index contributed by atoms with van der Waals surface area (Å²) in [6, 6.07) is 0. The average molecular weight is 400 g/mol. The summed E-state index contributed by atoms with van der Waals surface area (Å²) in [6.07, 6.45) is 2.23. The maximum atomic E-state index is 13.7. The van der Waals surface area contributed by atoms with Gasteiger partial charge in [0.05, 0.1) is 12.8 Å². The number of halogens is 1. The highest BCUT2D eigenvalue weighted by atomic mass is 19.1. The van der Waals surface area contributed by atoms with E-state index in [9.17, 15) is 19.1 Å². The van der Waals surface area contributed by atoms with Crippen LogP contribution in [0.3, 0.4) is 0 Å². The van der Waals surface area contributed by atoms with Gasteiger partial charge in [0.2, 0.25) is 5.82 Å². The zero-order chi connectivity index (χ0) is 20.7. The Hall–Kier alpha value is -1.81. The van der Waals surface area contributed by atoms with Crippen LogP contribution in [-0.4, -0.2) is 52.3 Å². The molecule has 1 aliphatic heterocycles. The number of ether oxygens (including phenoxy) is 3. The molecule has 2 N–H and O–H groups in total. The number of aromatic amines is 1. The molecule has 0 aromatic carbocycles. The van der Waals surface area contributed by atoms with E-state index in [0.29, 0.717) is 13.2 Å². The minimum atomic E-state index is -1.30. The number of rotatable bonds is 11. The third-order valence-electron chi connectivity index (χ3n) is 4.73. The van der Waals surface area contributed by atoms with Gasteiger partial charge in [0, 0.05) is 13.2 Å². The predicted molar refractivity (Wildman–Crippen MR) is 101 cm³/mol. The number of hydrogen-bond acceptors (Lipinski definition) is 6. The largest absolute Gasteiger partial charge is 0.386 e. The molecule has 1 saturated heterocycles. The van der Waals surface area contributed by atoms with Crippen LogP contribution in [0.25, 0.3) is 0 Å². The first kappa shape index (κ1) is 22.5. The van der Waals surface area contributed by atoms with Crippen LogP contribution in [0.15, 0.2) is 28.4 Å². The first-order valence-electron chi connectivity index (χ1n) is 9.60. The molecule has 4 atom stereocenters. The second-order valence-electron chi connectivity index (χ2n) is 6.85. The number of hydrogen-bond donors (Lipinski definition) is 2. The van der Waals surface area contributed by atoms with E-state index < -0.39 is 41.1 Å². The van der Waals surface area contributed by atoms with Crippen molar-refractivity contribution in [3.05, 3.63) is 45.5 Å². The van der Waals surface area contributed by atoms with Crippen molar-refractivity contribution in [2.45, 2.75) is 63.6 Å². The van der Waals surface area contributed by atoms with Crippen molar-refractivity contribution >= 4 is 0 Å². The van der Waals surface area contributed by atoms with Crippen LogP contribution in [0.2, 0.25) is 0 Å². The molecule has 9 heteroatoms. The lowest BCUT2D eigenvalue weighted by atomic mass is 9.95. The van der Waals surface area contributed by atoms with Crippen LogP contribution in [-0.2, 0) is 14.2 Å². The van der Waals surface area contributed by atoms with E-state index in [1.807, 2.05) is 18.8 Å². The minimum absolute atomic E-state index is 0.0570. The number of nitrogens with zero attached hydrogens (tertiary/aromatic N) is 1. The van der Waals surface area contributed by atoms with Crippen LogP contribution in [0.5, 0.6) is 0 Å². The molecule has 0 aliphatic carbocycles. The van der Waals surface area contributed by atoms with Crippen LogP contribution < -0.4 is 11.2 Å². The summed E-state index contributed by atoms with van der Waals surface area (Å²) in [5.74, 6) is -1.16. The molecule has 1 aromatic heterocycles. The van der Waals surface area contributed by atoms with Crippen molar-refractivity contribution in [3.8, 4) is 0 Å². The molecule has 8 nitrogen and oxygen atoms in total. The standard InChI is InChI=1S/C19H29FN2O6/c1-4-7-9-26-12-19(6-3)15(27-10-8-5-2)14(23)17(28-19)22-11-13(20)16(24)21-18(22)25/h6,11,14-15,17,23H,3-5,7-10,12H2,1-2H3,(H,21,24,25)/t14-,15-,17+,19+/m0/s1. The highest BCUT2D eigenvalue weighted by Gasteiger charge is 2.55. The third-order valence-corrected chi connectivity index (χ3v) is 4.73. The van der Waals surface area contributed by atoms with Crippen molar-refractivity contribution in [2.75, 3.05) is 19.8 Å². The van der Waals surface area contributed by atoms with E-state index in [1.165, 1.54) is 6.08 Å². The fourth-order valence-electron chi connectivity index (χ4n) is 3.08. The highest BCUT2D eigenvalue weighted by Crippen LogP contribution is 2.39. The Morgan fingerprint density at radius 2 is 2.04 bits per heavy atom. The van der Waals surface area contributed by atoms with Gasteiger partial charge in [0.1, 0.15) is 17.8 Å². The van der Waals surface area contributed by atoms with Gasteiger partial charge < -0.3 is 19.3 Å². The maximum absolute atomic E-state index is 13.7. The zero-order valence-electron chi connectivity index (χ0n) is 16.4. The zero-order valence-corrected chi connectivity index (χ0v) is 16.4. The van der Waals surface area contributed by atoms with Gasteiger partial charge in [-0.3, -0.25) is 14.3 Å². The third kappa shape index (κ3) is 4.78. The van der Waals surface area contributed by atoms with Crippen molar-refractivity contribution in [1.29, 1.82) is 0 Å². The fourth-order valence-corrected chi connectivity index (χ4v) is 3.08. The van der Waals surface area contributed by atoms with Gasteiger partial charge in [-0.1, -0.05) is 32.8 Å². The van der Waals surface area contributed by atoms with Gasteiger partial charge in [-0.15, -0.1) is 6.58 Å². The second kappa shape index (κ2) is 10.1. The van der Waals surface area contributed by atoms with E-state index in [0.717, 1.165) is 36.4 Å². The molecule has 2 rings (SSSR count). The van der Waals surface area contributed by atoms with Gasteiger partial charge in [-0.05, 0) is 12.8 Å². The second-order valence-corrected chi connectivity index (χ2v) is 6.85. The normalized spacial score (nSPS) is 27.2. The molecule has 158 valence electrons. The van der Waals surface area contributed by atoms with Crippen molar-refractivity contribution in [3.63, 3.8) is 0 Å². The Kier molecular flexibility index (Phi) is 8.11. The topological polar surface area (TPSA) is 103 Å². The van der Waals surface area contributed by atoms with E-state index in [4.69, 9.17) is 14.2 Å². The van der Waals surface area contributed by atoms with Crippen LogP contribution >= 0.6 is 0 Å². The van der Waals surface area contributed by atoms with Crippen LogP contribution in [0.1, 0.15) is 45.8 Å². The van der Waals surface area contributed by atoms with Crippen LogP contribution in [0.4, 0.5) is 4.39 Å². The minimum Gasteiger partial charge on any atom is -0.386 e. The summed E-state index contributed by atoms with van der Waals surface area (Å²) in [7, 11) is 0. The first-order chi connectivity index (χ1) is 13.4. The van der Waals surface area contributed by atoms with Gasteiger partial charge in [-0.2, -0.15) is 4.39 Å². The Morgan fingerprint density at radius 1 is 1.36 bits per heavy atom. The first-order valence-corrected chi connectivity index (χ1v) is 9.60. The van der Waals surface area contributed by atoms with Gasteiger partial charge in [0.25, 0.3) is 5.56 Å². The number of nitrogens with one attached hydrogen (secondary N) is 1. The van der Waals surface area contributed by atoms with E-state index in [-0.39, 0.29) is 6.61 Å². The summed E-state index contributed by atoms with van der Waals surface area (Å²) < 4.78 is 32.0. The summed E-state index contributed by atoms with van der Waals surface area (Å²) >= 11 is 0. The number of unbranched alkanes of at least 4 members (excludes halogenated alkanes) is 2. The lowest BCUT2D eigenvalue weighted by molar-refractivity contribution is -0.125. The van der Waals surface area contributed by atoms with Gasteiger partial charge in [0.15, 0.2) is 6.23 Å². The summed E-state index contributed by atoms with van der Waals surface area (Å²) in [5, 5.41) is 10.8.